The average molecular weight is 423 g/mol. The Bertz CT molecular complexity index is 1030. The van der Waals surface area contributed by atoms with Crippen LogP contribution in [0.15, 0.2) is 54.7 Å². The molecule has 0 saturated carbocycles. The number of aromatic hydroxyl groups is 1. The van der Waals surface area contributed by atoms with E-state index in [4.69, 9.17) is 12.2 Å². The number of phenols is 1. The van der Waals surface area contributed by atoms with Crippen LogP contribution in [-0.2, 0) is 0 Å². The van der Waals surface area contributed by atoms with Crippen molar-refractivity contribution in [3.05, 3.63) is 77.4 Å². The molecule has 30 heavy (non-hydrogen) atoms. The molecule has 1 aliphatic heterocycles. The standard InChI is InChI=1S/C23H26N4O2S/c1-15-14-19(16(2)27(15)17-7-9-18(29)10-8-17)22-21(20-6-3-4-11-24-20)25-23(30)26(22)12-5-13-28/h3-4,6-11,14,21-22,28-29H,5,12-13H2,1-2H3,(H,25,30)/t21-,22+/m1/s1. The second-order valence-corrected chi connectivity index (χ2v) is 7.96. The van der Waals surface area contributed by atoms with Crippen LogP contribution in [-0.4, -0.2) is 42.9 Å². The zero-order chi connectivity index (χ0) is 21.3. The van der Waals surface area contributed by atoms with Crippen molar-refractivity contribution in [3.8, 4) is 11.4 Å². The molecule has 6 nitrogen and oxygen atoms in total. The van der Waals surface area contributed by atoms with Gasteiger partial charge in [0.05, 0.1) is 17.8 Å². The van der Waals surface area contributed by atoms with Crippen molar-refractivity contribution in [2.75, 3.05) is 13.2 Å². The smallest absolute Gasteiger partial charge is 0.170 e. The number of aliphatic hydroxyl groups is 1. The minimum atomic E-state index is -0.0776. The van der Waals surface area contributed by atoms with E-state index >= 15 is 0 Å². The molecule has 0 amide bonds. The molecule has 2 aromatic heterocycles. The highest BCUT2D eigenvalue weighted by molar-refractivity contribution is 7.80. The van der Waals surface area contributed by atoms with Gasteiger partial charge in [0.15, 0.2) is 5.11 Å². The van der Waals surface area contributed by atoms with Crippen molar-refractivity contribution < 1.29 is 10.2 Å². The van der Waals surface area contributed by atoms with Crippen LogP contribution < -0.4 is 5.32 Å². The van der Waals surface area contributed by atoms with Crippen LogP contribution in [0.1, 0.15) is 41.1 Å². The number of benzene rings is 1. The largest absolute Gasteiger partial charge is 0.508 e. The van der Waals surface area contributed by atoms with Gasteiger partial charge < -0.3 is 25.0 Å². The topological polar surface area (TPSA) is 73.5 Å². The monoisotopic (exact) mass is 422 g/mol. The molecule has 0 radical (unpaired) electrons. The highest BCUT2D eigenvalue weighted by atomic mass is 32.1. The number of aryl methyl sites for hydroxylation is 1. The molecule has 3 aromatic rings. The van der Waals surface area contributed by atoms with Gasteiger partial charge in [-0.15, -0.1) is 0 Å². The molecular weight excluding hydrogens is 396 g/mol. The van der Waals surface area contributed by atoms with Crippen LogP contribution in [0.2, 0.25) is 0 Å². The molecule has 2 atom stereocenters. The molecule has 7 heteroatoms. The molecule has 1 aromatic carbocycles. The fourth-order valence-corrected chi connectivity index (χ4v) is 4.64. The summed E-state index contributed by atoms with van der Waals surface area (Å²) >= 11 is 5.67. The molecule has 156 valence electrons. The Labute approximate surface area is 181 Å². The molecule has 1 aliphatic rings. The van der Waals surface area contributed by atoms with Crippen LogP contribution in [0.4, 0.5) is 0 Å². The van der Waals surface area contributed by atoms with Gasteiger partial charge in [0, 0.05) is 36.4 Å². The van der Waals surface area contributed by atoms with E-state index < -0.39 is 0 Å². The number of aliphatic hydroxyl groups excluding tert-OH is 1. The number of nitrogens with zero attached hydrogens (tertiary/aromatic N) is 3. The maximum atomic E-state index is 9.66. The number of hydrogen-bond donors (Lipinski definition) is 3. The van der Waals surface area contributed by atoms with Crippen LogP contribution >= 0.6 is 12.2 Å². The Kier molecular flexibility index (Phi) is 5.74. The van der Waals surface area contributed by atoms with Crippen molar-refractivity contribution in [3.63, 3.8) is 0 Å². The summed E-state index contributed by atoms with van der Waals surface area (Å²) < 4.78 is 2.19. The summed E-state index contributed by atoms with van der Waals surface area (Å²) in [4.78, 5) is 6.74. The zero-order valence-electron chi connectivity index (χ0n) is 17.1. The molecule has 0 spiro atoms. The highest BCUT2D eigenvalue weighted by Gasteiger charge is 2.41. The van der Waals surface area contributed by atoms with Crippen molar-refractivity contribution >= 4 is 17.3 Å². The average Bonchev–Trinajstić information content (AvgIpc) is 3.23. The van der Waals surface area contributed by atoms with Crippen LogP contribution in [0, 0.1) is 13.8 Å². The van der Waals surface area contributed by atoms with Crippen molar-refractivity contribution in [2.24, 2.45) is 0 Å². The minimum Gasteiger partial charge on any atom is -0.508 e. The Hall–Kier alpha value is -2.90. The fraction of sp³-hybridized carbons (Fsp3) is 0.304. The lowest BCUT2D eigenvalue weighted by atomic mass is 9.96. The van der Waals surface area contributed by atoms with Crippen molar-refractivity contribution in [1.29, 1.82) is 0 Å². The Morgan fingerprint density at radius 1 is 1.13 bits per heavy atom. The van der Waals surface area contributed by atoms with Crippen LogP contribution in [0.5, 0.6) is 5.75 Å². The molecule has 1 saturated heterocycles. The van der Waals surface area contributed by atoms with E-state index in [0.29, 0.717) is 18.1 Å². The first-order valence-corrected chi connectivity index (χ1v) is 10.5. The van der Waals surface area contributed by atoms with Gasteiger partial charge in [-0.05, 0) is 80.5 Å². The molecular formula is C23H26N4O2S. The third-order valence-corrected chi connectivity index (χ3v) is 6.00. The Morgan fingerprint density at radius 3 is 2.57 bits per heavy atom. The fourth-order valence-electron chi connectivity index (χ4n) is 4.31. The number of aromatic nitrogens is 2. The predicted octanol–water partition coefficient (Wildman–Crippen LogP) is 3.55. The third kappa shape index (κ3) is 3.66. The van der Waals surface area contributed by atoms with E-state index in [0.717, 1.165) is 22.8 Å². The van der Waals surface area contributed by atoms with Gasteiger partial charge in [-0.2, -0.15) is 0 Å². The van der Waals surface area contributed by atoms with E-state index in [9.17, 15) is 10.2 Å². The van der Waals surface area contributed by atoms with E-state index in [-0.39, 0.29) is 24.4 Å². The summed E-state index contributed by atoms with van der Waals surface area (Å²) in [7, 11) is 0. The Balaban J connectivity index is 1.81. The Morgan fingerprint density at radius 2 is 1.90 bits per heavy atom. The molecule has 0 bridgehead atoms. The number of hydrogen-bond acceptors (Lipinski definition) is 4. The van der Waals surface area contributed by atoms with Gasteiger partial charge >= 0.3 is 0 Å². The van der Waals surface area contributed by atoms with Gasteiger partial charge in [-0.25, -0.2) is 0 Å². The number of phenolic OH excluding ortho intramolecular Hbond substituents is 1. The first-order valence-electron chi connectivity index (χ1n) is 10.1. The van der Waals surface area contributed by atoms with Gasteiger partial charge in [0.1, 0.15) is 5.75 Å². The first-order chi connectivity index (χ1) is 14.5. The van der Waals surface area contributed by atoms with Crippen LogP contribution in [0.3, 0.4) is 0 Å². The molecule has 0 unspecified atom stereocenters. The molecule has 4 rings (SSSR count). The lowest BCUT2D eigenvalue weighted by Gasteiger charge is -2.28. The summed E-state index contributed by atoms with van der Waals surface area (Å²) in [6, 6.07) is 15.2. The summed E-state index contributed by atoms with van der Waals surface area (Å²) in [6.07, 6.45) is 2.44. The summed E-state index contributed by atoms with van der Waals surface area (Å²) in [6.45, 7) is 4.97. The summed E-state index contributed by atoms with van der Waals surface area (Å²) in [5.41, 5.74) is 5.32. The van der Waals surface area contributed by atoms with Gasteiger partial charge in [-0.1, -0.05) is 6.07 Å². The summed E-state index contributed by atoms with van der Waals surface area (Å²) in [5, 5.41) is 23.2. The van der Waals surface area contributed by atoms with Gasteiger partial charge in [0.25, 0.3) is 0 Å². The lowest BCUT2D eigenvalue weighted by molar-refractivity contribution is 0.247. The van der Waals surface area contributed by atoms with Crippen molar-refractivity contribution in [2.45, 2.75) is 32.4 Å². The molecule has 3 heterocycles. The second kappa shape index (κ2) is 8.45. The predicted molar refractivity (Wildman–Crippen MR) is 121 cm³/mol. The van der Waals surface area contributed by atoms with Gasteiger partial charge in [0.2, 0.25) is 0 Å². The molecule has 3 N–H and O–H groups in total. The normalized spacial score (nSPS) is 18.6. The number of rotatable bonds is 6. The quantitative estimate of drug-likeness (QED) is 0.528. The highest BCUT2D eigenvalue weighted by Crippen LogP contribution is 2.41. The van der Waals surface area contributed by atoms with E-state index in [2.05, 4.69) is 39.7 Å². The second-order valence-electron chi connectivity index (χ2n) is 7.58. The minimum absolute atomic E-state index is 0.0315. The first kappa shape index (κ1) is 20.4. The number of nitrogens with one attached hydrogen (secondary N) is 1. The third-order valence-electron chi connectivity index (χ3n) is 5.65. The number of pyridine rings is 1. The molecule has 1 fully saturated rings. The summed E-state index contributed by atoms with van der Waals surface area (Å²) in [5.74, 6) is 0.247. The van der Waals surface area contributed by atoms with Crippen LogP contribution in [0.25, 0.3) is 5.69 Å². The number of thiocarbonyl (C=S) groups is 1. The maximum Gasteiger partial charge on any atom is 0.170 e. The lowest BCUT2D eigenvalue weighted by Crippen LogP contribution is -2.31. The van der Waals surface area contributed by atoms with Gasteiger partial charge in [-0.3, -0.25) is 4.98 Å². The van der Waals surface area contributed by atoms with E-state index in [1.54, 1.807) is 18.3 Å². The maximum absolute atomic E-state index is 9.66. The zero-order valence-corrected chi connectivity index (χ0v) is 17.9. The van der Waals surface area contributed by atoms with E-state index in [1.807, 2.05) is 30.3 Å². The molecule has 0 aliphatic carbocycles. The van der Waals surface area contributed by atoms with E-state index in [1.165, 1.54) is 5.56 Å². The SMILES string of the molecule is Cc1cc([C@H]2[C@@H](c3ccccn3)NC(=S)N2CCCO)c(C)n1-c1ccc(O)cc1. The van der Waals surface area contributed by atoms with Crippen molar-refractivity contribution in [1.82, 2.24) is 19.8 Å².